The van der Waals surface area contributed by atoms with Crippen molar-refractivity contribution in [3.63, 3.8) is 0 Å². The van der Waals surface area contributed by atoms with Crippen molar-refractivity contribution in [3.05, 3.63) is 40.8 Å². The van der Waals surface area contributed by atoms with Crippen LogP contribution >= 0.6 is 11.3 Å². The van der Waals surface area contributed by atoms with Gasteiger partial charge in [0.1, 0.15) is 11.9 Å². The number of rotatable bonds is 5. The Bertz CT molecular complexity index is 741. The van der Waals surface area contributed by atoms with Crippen molar-refractivity contribution >= 4 is 23.1 Å². The second kappa shape index (κ2) is 8.69. The van der Waals surface area contributed by atoms with E-state index >= 15 is 0 Å². The van der Waals surface area contributed by atoms with Gasteiger partial charge in [-0.3, -0.25) is 4.90 Å². The molecular weight excluding hydrogens is 364 g/mol. The zero-order valence-electron chi connectivity index (χ0n) is 15.2. The van der Waals surface area contributed by atoms with Crippen molar-refractivity contribution in [2.45, 2.75) is 19.1 Å². The number of hydrogen-bond donors (Lipinski definition) is 1. The van der Waals surface area contributed by atoms with Gasteiger partial charge in [0.25, 0.3) is 0 Å². The fourth-order valence-corrected chi connectivity index (χ4v) is 3.86. The van der Waals surface area contributed by atoms with E-state index in [2.05, 4.69) is 20.6 Å². The largest absolute Gasteiger partial charge is 0.486 e. The molecule has 27 heavy (non-hydrogen) atoms. The van der Waals surface area contributed by atoms with Gasteiger partial charge in [-0.25, -0.2) is 9.78 Å². The Balaban J connectivity index is 1.30. The predicted octanol–water partition coefficient (Wildman–Crippen LogP) is 2.66. The van der Waals surface area contributed by atoms with Crippen LogP contribution in [0.5, 0.6) is 5.75 Å². The molecule has 2 saturated heterocycles. The number of aromatic nitrogens is 1. The van der Waals surface area contributed by atoms with Gasteiger partial charge in [-0.15, -0.1) is 11.3 Å². The van der Waals surface area contributed by atoms with Crippen molar-refractivity contribution in [3.8, 4) is 5.75 Å². The first-order valence-electron chi connectivity index (χ1n) is 9.27. The summed E-state index contributed by atoms with van der Waals surface area (Å²) >= 11 is 1.62. The van der Waals surface area contributed by atoms with E-state index in [1.54, 1.807) is 11.3 Å². The van der Waals surface area contributed by atoms with Crippen LogP contribution in [0.1, 0.15) is 12.1 Å². The van der Waals surface area contributed by atoms with Crippen LogP contribution in [0, 0.1) is 0 Å². The number of hydrogen-bond acceptors (Lipinski definition) is 6. The second-order valence-corrected chi connectivity index (χ2v) is 7.49. The molecule has 8 heteroatoms. The van der Waals surface area contributed by atoms with Crippen LogP contribution in [0.15, 0.2) is 35.2 Å². The lowest BCUT2D eigenvalue weighted by atomic mass is 10.2. The molecule has 0 radical (unpaired) electrons. The summed E-state index contributed by atoms with van der Waals surface area (Å²) in [6.07, 6.45) is 0.931. The fraction of sp³-hybridized carbons (Fsp3) is 0.474. The highest BCUT2D eigenvalue weighted by molar-refractivity contribution is 7.07. The molecule has 2 aromatic rings. The van der Waals surface area contributed by atoms with E-state index in [0.29, 0.717) is 31.1 Å². The molecule has 2 fully saturated rings. The monoisotopic (exact) mass is 388 g/mol. The molecule has 0 aliphatic carbocycles. The molecule has 0 spiro atoms. The van der Waals surface area contributed by atoms with Crippen LogP contribution in [0.2, 0.25) is 0 Å². The quantitative estimate of drug-likeness (QED) is 0.853. The summed E-state index contributed by atoms with van der Waals surface area (Å²) in [6, 6.07) is 7.50. The average molecular weight is 388 g/mol. The molecule has 2 amide bonds. The first-order valence-corrected chi connectivity index (χ1v) is 10.2. The summed E-state index contributed by atoms with van der Waals surface area (Å²) in [7, 11) is 0. The highest BCUT2D eigenvalue weighted by Gasteiger charge is 2.23. The Morgan fingerprint density at radius 2 is 2.15 bits per heavy atom. The van der Waals surface area contributed by atoms with E-state index in [1.165, 1.54) is 0 Å². The van der Waals surface area contributed by atoms with Crippen LogP contribution in [0.25, 0.3) is 0 Å². The molecule has 144 valence electrons. The molecule has 0 saturated carbocycles. The molecule has 4 rings (SSSR count). The maximum absolute atomic E-state index is 12.7. The summed E-state index contributed by atoms with van der Waals surface area (Å²) in [4.78, 5) is 21.2. The van der Waals surface area contributed by atoms with Crippen molar-refractivity contribution in [2.24, 2.45) is 0 Å². The number of thiazole rings is 1. The maximum Gasteiger partial charge on any atom is 0.322 e. The third-order valence-electron chi connectivity index (χ3n) is 4.84. The average Bonchev–Trinajstić information content (AvgIpc) is 3.38. The number of carbonyl (C=O) groups is 1. The molecule has 2 aliphatic heterocycles. The number of nitrogens with zero attached hydrogens (tertiary/aromatic N) is 3. The number of urea groups is 1. The molecule has 0 bridgehead atoms. The Kier molecular flexibility index (Phi) is 5.86. The summed E-state index contributed by atoms with van der Waals surface area (Å²) in [5.41, 5.74) is 3.66. The number of benzene rings is 1. The minimum atomic E-state index is -0.0815. The van der Waals surface area contributed by atoms with Gasteiger partial charge in [-0.05, 0) is 12.1 Å². The molecule has 1 aromatic carbocycles. The van der Waals surface area contributed by atoms with Crippen molar-refractivity contribution in [1.29, 1.82) is 0 Å². The van der Waals surface area contributed by atoms with Gasteiger partial charge in [-0.1, -0.05) is 12.1 Å². The molecule has 1 aromatic heterocycles. The lowest BCUT2D eigenvalue weighted by molar-refractivity contribution is 0.140. The summed E-state index contributed by atoms with van der Waals surface area (Å²) in [5, 5.41) is 5.08. The number of ether oxygens (including phenoxy) is 2. The second-order valence-electron chi connectivity index (χ2n) is 6.77. The summed E-state index contributed by atoms with van der Waals surface area (Å²) in [6.45, 7) is 5.28. The van der Waals surface area contributed by atoms with Crippen LogP contribution in [-0.4, -0.2) is 66.3 Å². The highest BCUT2D eigenvalue weighted by Crippen LogP contribution is 2.27. The maximum atomic E-state index is 12.7. The zero-order chi connectivity index (χ0) is 18.5. The number of anilines is 1. The van der Waals surface area contributed by atoms with E-state index in [-0.39, 0.29) is 12.1 Å². The summed E-state index contributed by atoms with van der Waals surface area (Å²) < 4.78 is 11.4. The predicted molar refractivity (Wildman–Crippen MR) is 104 cm³/mol. The number of nitrogens with one attached hydrogen (secondary N) is 1. The normalized spacial score (nSPS) is 20.6. The van der Waals surface area contributed by atoms with E-state index in [9.17, 15) is 4.79 Å². The van der Waals surface area contributed by atoms with Crippen LogP contribution in [0.3, 0.4) is 0 Å². The minimum absolute atomic E-state index is 0.0531. The van der Waals surface area contributed by atoms with Crippen LogP contribution < -0.4 is 10.1 Å². The molecule has 3 heterocycles. The van der Waals surface area contributed by atoms with Crippen molar-refractivity contribution in [2.75, 3.05) is 44.7 Å². The minimum Gasteiger partial charge on any atom is -0.486 e. The Labute approximate surface area is 162 Å². The Morgan fingerprint density at radius 3 is 2.89 bits per heavy atom. The Hall–Kier alpha value is -2.16. The van der Waals surface area contributed by atoms with Gasteiger partial charge >= 0.3 is 6.03 Å². The smallest absolute Gasteiger partial charge is 0.322 e. The van der Waals surface area contributed by atoms with Gasteiger partial charge in [-0.2, -0.15) is 0 Å². The molecule has 2 aliphatic rings. The lowest BCUT2D eigenvalue weighted by Gasteiger charge is -2.34. The van der Waals surface area contributed by atoms with Crippen molar-refractivity contribution < 1.29 is 14.3 Å². The number of amides is 2. The van der Waals surface area contributed by atoms with Gasteiger partial charge in [0, 0.05) is 44.5 Å². The third-order valence-corrected chi connectivity index (χ3v) is 5.47. The topological polar surface area (TPSA) is 66.9 Å². The molecule has 1 N–H and O–H groups in total. The van der Waals surface area contributed by atoms with Gasteiger partial charge in [0.2, 0.25) is 0 Å². The zero-order valence-corrected chi connectivity index (χ0v) is 16.0. The van der Waals surface area contributed by atoms with E-state index in [4.69, 9.17) is 9.47 Å². The standard InChI is InChI=1S/C19H24N4O3S/c24-19(23-8-6-22(7-9-23)11-15-13-27-14-20-15)21-17-3-1-2-4-18(17)26-16-5-10-25-12-16/h1-4,13-14,16H,5-12H2,(H,21,24). The molecular formula is C19H24N4O3S. The first-order chi connectivity index (χ1) is 13.3. The SMILES string of the molecule is O=C(Nc1ccccc1OC1CCOC1)N1CCN(Cc2cscn2)CC1. The van der Waals surface area contributed by atoms with E-state index in [0.717, 1.165) is 38.4 Å². The van der Waals surface area contributed by atoms with Gasteiger partial charge < -0.3 is 19.7 Å². The first kappa shape index (κ1) is 18.2. The van der Waals surface area contributed by atoms with Crippen LogP contribution in [-0.2, 0) is 11.3 Å². The molecule has 7 nitrogen and oxygen atoms in total. The van der Waals surface area contributed by atoms with Gasteiger partial charge in [0.05, 0.1) is 30.1 Å². The number of para-hydroxylation sites is 2. The van der Waals surface area contributed by atoms with Crippen molar-refractivity contribution in [1.82, 2.24) is 14.8 Å². The van der Waals surface area contributed by atoms with E-state index in [1.807, 2.05) is 34.7 Å². The summed E-state index contributed by atoms with van der Waals surface area (Å²) in [5.74, 6) is 0.698. The lowest BCUT2D eigenvalue weighted by Crippen LogP contribution is -2.49. The van der Waals surface area contributed by atoms with E-state index < -0.39 is 0 Å². The fourth-order valence-electron chi connectivity index (χ4n) is 3.31. The van der Waals surface area contributed by atoms with Crippen LogP contribution in [0.4, 0.5) is 10.5 Å². The number of piperazine rings is 1. The molecule has 1 atom stereocenters. The third kappa shape index (κ3) is 4.77. The molecule has 1 unspecified atom stereocenters. The Morgan fingerprint density at radius 1 is 1.30 bits per heavy atom. The van der Waals surface area contributed by atoms with Gasteiger partial charge in [0.15, 0.2) is 0 Å². The highest BCUT2D eigenvalue weighted by atomic mass is 32.1. The number of carbonyl (C=O) groups excluding carboxylic acids is 1.